The molecule has 0 bridgehead atoms. The average molecular weight is 666 g/mol. The summed E-state index contributed by atoms with van der Waals surface area (Å²) in [6.45, 7) is 6.03. The quantitative estimate of drug-likeness (QED) is 0.330. The van der Waals surface area contributed by atoms with Gasteiger partial charge in [-0.1, -0.05) is 55.5 Å². The summed E-state index contributed by atoms with van der Waals surface area (Å²) in [5.74, 6) is -0.505. The standard InChI is InChI=1S/C36H47N3O7S/c1-26-23-39(27(2)25-40)36(42)32-22-30(37-35(41)21-29-14-7-5-8-15-29)18-19-33(32)46-28(3)13-11-12-20-45-34(26)24-38(4)47(43,44)31-16-9-6-10-17-31/h5-10,14-19,22,26-28,34,40H,11-13,20-21,23-25H2,1-4H3,(H,37,41)/t26-,27-,28+,34-/m0/s1. The van der Waals surface area contributed by atoms with Crippen LogP contribution in [-0.2, 0) is 26.0 Å². The molecule has 4 rings (SSSR count). The fourth-order valence-corrected chi connectivity index (χ4v) is 6.78. The maximum atomic E-state index is 14.3. The molecule has 0 unspecified atom stereocenters. The van der Waals surface area contributed by atoms with Crippen molar-refractivity contribution in [3.05, 3.63) is 90.0 Å². The summed E-state index contributed by atoms with van der Waals surface area (Å²) < 4.78 is 40.6. The Labute approximate surface area is 278 Å². The molecule has 0 saturated heterocycles. The van der Waals surface area contributed by atoms with E-state index in [0.29, 0.717) is 24.5 Å². The largest absolute Gasteiger partial charge is 0.490 e. The first-order valence-electron chi connectivity index (χ1n) is 16.2. The van der Waals surface area contributed by atoms with Crippen molar-refractivity contribution >= 4 is 27.5 Å². The van der Waals surface area contributed by atoms with Gasteiger partial charge in [-0.15, -0.1) is 0 Å². The van der Waals surface area contributed by atoms with Crippen molar-refractivity contribution < 1.29 is 32.6 Å². The molecule has 0 aromatic heterocycles. The molecule has 0 aliphatic carbocycles. The van der Waals surface area contributed by atoms with E-state index >= 15 is 0 Å². The highest BCUT2D eigenvalue weighted by atomic mass is 32.2. The number of fused-ring (bicyclic) bond motifs is 1. The summed E-state index contributed by atoms with van der Waals surface area (Å²) in [6, 6.07) is 22.1. The van der Waals surface area contributed by atoms with Crippen molar-refractivity contribution in [1.82, 2.24) is 9.21 Å². The maximum Gasteiger partial charge on any atom is 0.258 e. The zero-order valence-electron chi connectivity index (χ0n) is 27.7. The molecular formula is C36H47N3O7S. The number of aliphatic hydroxyl groups is 1. The first-order chi connectivity index (χ1) is 22.5. The van der Waals surface area contributed by atoms with Gasteiger partial charge in [0, 0.05) is 38.3 Å². The molecule has 0 spiro atoms. The van der Waals surface area contributed by atoms with Crippen LogP contribution in [0, 0.1) is 5.92 Å². The highest BCUT2D eigenvalue weighted by Crippen LogP contribution is 2.29. The monoisotopic (exact) mass is 665 g/mol. The van der Waals surface area contributed by atoms with E-state index in [2.05, 4.69) is 5.32 Å². The molecule has 2 amide bonds. The van der Waals surface area contributed by atoms with Crippen molar-refractivity contribution in [3.63, 3.8) is 0 Å². The van der Waals surface area contributed by atoms with Crippen LogP contribution >= 0.6 is 0 Å². The molecule has 4 atom stereocenters. The van der Waals surface area contributed by atoms with E-state index in [-0.39, 0.29) is 60.4 Å². The number of hydrogen-bond acceptors (Lipinski definition) is 7. The molecule has 0 fully saturated rings. The Morgan fingerprint density at radius 1 is 1.04 bits per heavy atom. The lowest BCUT2D eigenvalue weighted by Gasteiger charge is -2.35. The van der Waals surface area contributed by atoms with Gasteiger partial charge in [0.1, 0.15) is 5.75 Å². The third-order valence-corrected chi connectivity index (χ3v) is 10.3. The Balaban J connectivity index is 1.63. The molecule has 11 heteroatoms. The minimum atomic E-state index is -3.77. The van der Waals surface area contributed by atoms with Crippen LogP contribution in [0.3, 0.4) is 0 Å². The predicted molar refractivity (Wildman–Crippen MR) is 182 cm³/mol. The lowest BCUT2D eigenvalue weighted by molar-refractivity contribution is -0.115. The number of hydrogen-bond donors (Lipinski definition) is 2. The van der Waals surface area contributed by atoms with Crippen LogP contribution in [0.25, 0.3) is 0 Å². The number of nitrogens with one attached hydrogen (secondary N) is 1. The van der Waals surface area contributed by atoms with Crippen molar-refractivity contribution in [2.45, 2.75) is 69.6 Å². The smallest absolute Gasteiger partial charge is 0.258 e. The number of nitrogens with zero attached hydrogens (tertiary/aromatic N) is 2. The fourth-order valence-electron chi connectivity index (χ4n) is 5.57. The molecule has 2 N–H and O–H groups in total. The van der Waals surface area contributed by atoms with E-state index in [0.717, 1.165) is 18.4 Å². The van der Waals surface area contributed by atoms with Gasteiger partial charge in [0.05, 0.1) is 41.7 Å². The van der Waals surface area contributed by atoms with Gasteiger partial charge in [0.2, 0.25) is 15.9 Å². The average Bonchev–Trinajstić information content (AvgIpc) is 3.06. The summed E-state index contributed by atoms with van der Waals surface area (Å²) in [5, 5.41) is 13.1. The normalized spacial score (nSPS) is 20.5. The highest BCUT2D eigenvalue weighted by Gasteiger charge is 2.32. The Morgan fingerprint density at radius 2 is 1.72 bits per heavy atom. The van der Waals surface area contributed by atoms with Crippen molar-refractivity contribution in [2.75, 3.05) is 38.7 Å². The molecule has 10 nitrogen and oxygen atoms in total. The van der Waals surface area contributed by atoms with E-state index < -0.39 is 22.2 Å². The third kappa shape index (κ3) is 9.87. The number of ether oxygens (including phenoxy) is 2. The molecule has 3 aromatic carbocycles. The van der Waals surface area contributed by atoms with E-state index in [9.17, 15) is 23.1 Å². The number of aliphatic hydroxyl groups excluding tert-OH is 1. The van der Waals surface area contributed by atoms with Gasteiger partial charge >= 0.3 is 0 Å². The number of anilines is 1. The molecular weight excluding hydrogens is 618 g/mol. The molecule has 254 valence electrons. The maximum absolute atomic E-state index is 14.3. The second-order valence-corrected chi connectivity index (χ2v) is 14.4. The lowest BCUT2D eigenvalue weighted by Crippen LogP contribution is -2.48. The van der Waals surface area contributed by atoms with Crippen LogP contribution in [0.1, 0.15) is 56.0 Å². The number of likely N-dealkylation sites (N-methyl/N-ethyl adjacent to an activating group) is 1. The van der Waals surface area contributed by atoms with Crippen LogP contribution in [0.4, 0.5) is 5.69 Å². The Bertz CT molecular complexity index is 1570. The zero-order chi connectivity index (χ0) is 34.0. The van der Waals surface area contributed by atoms with E-state index in [4.69, 9.17) is 9.47 Å². The van der Waals surface area contributed by atoms with E-state index in [1.807, 2.05) is 44.2 Å². The van der Waals surface area contributed by atoms with Crippen molar-refractivity contribution in [3.8, 4) is 5.75 Å². The predicted octanol–water partition coefficient (Wildman–Crippen LogP) is 4.98. The number of benzene rings is 3. The zero-order valence-corrected chi connectivity index (χ0v) is 28.5. The van der Waals surface area contributed by atoms with Crippen LogP contribution < -0.4 is 10.1 Å². The first kappa shape index (κ1) is 36.1. The van der Waals surface area contributed by atoms with Gasteiger partial charge in [0.25, 0.3) is 5.91 Å². The van der Waals surface area contributed by atoms with E-state index in [1.165, 1.54) is 11.4 Å². The van der Waals surface area contributed by atoms with Crippen molar-refractivity contribution in [1.29, 1.82) is 0 Å². The van der Waals surface area contributed by atoms with Crippen LogP contribution in [0.2, 0.25) is 0 Å². The summed E-state index contributed by atoms with van der Waals surface area (Å²) >= 11 is 0. The molecule has 1 heterocycles. The van der Waals surface area contributed by atoms with E-state index in [1.54, 1.807) is 60.4 Å². The minimum absolute atomic E-state index is 0.0849. The lowest BCUT2D eigenvalue weighted by atomic mass is 10.0. The number of rotatable bonds is 9. The molecule has 47 heavy (non-hydrogen) atoms. The Morgan fingerprint density at radius 3 is 2.40 bits per heavy atom. The van der Waals surface area contributed by atoms with Crippen LogP contribution in [-0.4, -0.2) is 86.1 Å². The SMILES string of the molecule is C[C@@H]1CCCCO[C@@H](CN(C)S(=O)(=O)c2ccccc2)[C@@H](C)CN([C@@H](C)CO)C(=O)c2cc(NC(=O)Cc3ccccc3)ccc2O1. The second kappa shape index (κ2) is 16.9. The topological polar surface area (TPSA) is 125 Å². The molecule has 1 aliphatic heterocycles. The number of carbonyl (C=O) groups excluding carboxylic acids is 2. The summed E-state index contributed by atoms with van der Waals surface area (Å²) in [5.41, 5.74) is 1.58. The van der Waals surface area contributed by atoms with Gasteiger partial charge < -0.3 is 24.8 Å². The number of carbonyl (C=O) groups is 2. The number of amides is 2. The fraction of sp³-hybridized carbons (Fsp3) is 0.444. The molecule has 1 aliphatic rings. The van der Waals surface area contributed by atoms with Crippen molar-refractivity contribution in [2.24, 2.45) is 5.92 Å². The van der Waals surface area contributed by atoms with Crippen LogP contribution in [0.15, 0.2) is 83.8 Å². The third-order valence-electron chi connectivity index (χ3n) is 8.43. The molecule has 3 aromatic rings. The summed E-state index contributed by atoms with van der Waals surface area (Å²) in [6.07, 6.45) is 1.72. The van der Waals surface area contributed by atoms with Gasteiger partial charge in [-0.25, -0.2) is 8.42 Å². The second-order valence-electron chi connectivity index (χ2n) is 12.3. The Hall–Kier alpha value is -3.77. The Kier molecular flexibility index (Phi) is 12.9. The van der Waals surface area contributed by atoms with Gasteiger partial charge in [-0.2, -0.15) is 4.31 Å². The van der Waals surface area contributed by atoms with Gasteiger partial charge in [-0.3, -0.25) is 9.59 Å². The van der Waals surface area contributed by atoms with Crippen LogP contribution in [0.5, 0.6) is 5.75 Å². The summed E-state index contributed by atoms with van der Waals surface area (Å²) in [4.78, 5) is 29.0. The molecule has 0 radical (unpaired) electrons. The highest BCUT2D eigenvalue weighted by molar-refractivity contribution is 7.89. The van der Waals surface area contributed by atoms with Gasteiger partial charge in [0.15, 0.2) is 0 Å². The summed E-state index contributed by atoms with van der Waals surface area (Å²) in [7, 11) is -2.23. The number of sulfonamides is 1. The van der Waals surface area contributed by atoms with Gasteiger partial charge in [-0.05, 0) is 69.0 Å². The molecule has 0 saturated carbocycles. The first-order valence-corrected chi connectivity index (χ1v) is 17.6. The minimum Gasteiger partial charge on any atom is -0.490 e.